The van der Waals surface area contributed by atoms with E-state index in [1.54, 1.807) is 4.90 Å². The van der Waals surface area contributed by atoms with E-state index in [9.17, 15) is 14.4 Å². The van der Waals surface area contributed by atoms with Crippen LogP contribution in [0.5, 0.6) is 0 Å². The maximum absolute atomic E-state index is 13.6. The Morgan fingerprint density at radius 1 is 1.21 bits per heavy atom. The SMILES string of the molecule is CC[C@@H](OC(=O)[C@H]1[C@@H]2C=C[C@]3(CN(c4cc(C)cc(C)c4)C(=O)[C@H]13)O2)C(=O)NC1CCCC1. The number of esters is 1. The van der Waals surface area contributed by atoms with Crippen LogP contribution in [-0.4, -0.2) is 48.2 Å². The lowest BCUT2D eigenvalue weighted by molar-refractivity contribution is -0.162. The molecule has 7 nitrogen and oxygen atoms in total. The highest BCUT2D eigenvalue weighted by molar-refractivity contribution is 6.03. The Labute approximate surface area is 194 Å². The topological polar surface area (TPSA) is 84.9 Å². The van der Waals surface area contributed by atoms with Crippen molar-refractivity contribution >= 4 is 23.5 Å². The summed E-state index contributed by atoms with van der Waals surface area (Å²) in [5, 5.41) is 3.02. The molecule has 7 heteroatoms. The molecule has 4 aliphatic rings. The van der Waals surface area contributed by atoms with Gasteiger partial charge in [0.15, 0.2) is 6.10 Å². The number of ether oxygens (including phenoxy) is 2. The fraction of sp³-hybridized carbons (Fsp3) is 0.577. The predicted octanol–water partition coefficient (Wildman–Crippen LogP) is 2.97. The molecule has 1 saturated carbocycles. The molecule has 0 radical (unpaired) electrons. The van der Waals surface area contributed by atoms with Crippen molar-refractivity contribution in [1.82, 2.24) is 5.32 Å². The molecule has 33 heavy (non-hydrogen) atoms. The van der Waals surface area contributed by atoms with Crippen LogP contribution in [0.4, 0.5) is 5.69 Å². The standard InChI is InChI=1S/C26H32N2O5/c1-4-19(23(29)27-17-7-5-6-8-17)32-25(31)21-20-9-10-26(33-20)14-28(24(30)22(21)26)18-12-15(2)11-16(3)13-18/h9-13,17,19-22H,4-8,14H2,1-3H3,(H,27,29)/t19-,20+,21+,22+,26-/m1/s1. The van der Waals surface area contributed by atoms with Crippen LogP contribution >= 0.6 is 0 Å². The number of anilines is 1. The zero-order valence-electron chi connectivity index (χ0n) is 19.5. The van der Waals surface area contributed by atoms with Gasteiger partial charge in [-0.1, -0.05) is 38.0 Å². The molecular formula is C26H32N2O5. The predicted molar refractivity (Wildman–Crippen MR) is 123 cm³/mol. The molecule has 5 rings (SSSR count). The molecule has 1 spiro atoms. The van der Waals surface area contributed by atoms with E-state index in [1.807, 2.05) is 45.1 Å². The highest BCUT2D eigenvalue weighted by atomic mass is 16.6. The summed E-state index contributed by atoms with van der Waals surface area (Å²) in [6, 6.07) is 6.18. The number of fused-ring (bicyclic) bond motifs is 1. The van der Waals surface area contributed by atoms with E-state index in [-0.39, 0.29) is 17.9 Å². The second kappa shape index (κ2) is 8.28. The third kappa shape index (κ3) is 3.76. The first-order chi connectivity index (χ1) is 15.8. The third-order valence-electron chi connectivity index (χ3n) is 7.51. The Kier molecular flexibility index (Phi) is 5.55. The second-order valence-electron chi connectivity index (χ2n) is 9.99. The number of aryl methyl sites for hydroxylation is 2. The minimum atomic E-state index is -0.857. The molecule has 3 heterocycles. The van der Waals surface area contributed by atoms with Crippen molar-refractivity contribution in [3.05, 3.63) is 41.5 Å². The zero-order chi connectivity index (χ0) is 23.3. The smallest absolute Gasteiger partial charge is 0.313 e. The van der Waals surface area contributed by atoms with E-state index in [1.165, 1.54) is 0 Å². The second-order valence-corrected chi connectivity index (χ2v) is 9.99. The Hall–Kier alpha value is -2.67. The van der Waals surface area contributed by atoms with Crippen molar-refractivity contribution in [2.24, 2.45) is 11.8 Å². The first kappa shape index (κ1) is 22.1. The molecular weight excluding hydrogens is 420 g/mol. The van der Waals surface area contributed by atoms with E-state index in [0.29, 0.717) is 13.0 Å². The van der Waals surface area contributed by atoms with Crippen molar-refractivity contribution in [2.45, 2.75) is 76.7 Å². The summed E-state index contributed by atoms with van der Waals surface area (Å²) in [7, 11) is 0. The molecule has 176 valence electrons. The minimum absolute atomic E-state index is 0.128. The molecule has 2 saturated heterocycles. The van der Waals surface area contributed by atoms with Gasteiger partial charge < -0.3 is 19.7 Å². The molecule has 0 aromatic heterocycles. The van der Waals surface area contributed by atoms with Gasteiger partial charge in [0, 0.05) is 11.7 Å². The van der Waals surface area contributed by atoms with E-state index < -0.39 is 35.6 Å². The molecule has 3 fully saturated rings. The summed E-state index contributed by atoms with van der Waals surface area (Å²) < 4.78 is 11.9. The highest BCUT2D eigenvalue weighted by Gasteiger charge is 2.67. The summed E-state index contributed by atoms with van der Waals surface area (Å²) >= 11 is 0. The summed E-state index contributed by atoms with van der Waals surface area (Å²) in [5.41, 5.74) is 2.14. The largest absolute Gasteiger partial charge is 0.452 e. The number of amides is 2. The van der Waals surface area contributed by atoms with Crippen molar-refractivity contribution < 1.29 is 23.9 Å². The normalized spacial score (nSPS) is 31.2. The number of carbonyl (C=O) groups is 3. The number of nitrogens with zero attached hydrogens (tertiary/aromatic N) is 1. The first-order valence-electron chi connectivity index (χ1n) is 12.1. The lowest BCUT2D eigenvalue weighted by Crippen LogP contribution is -2.45. The maximum atomic E-state index is 13.6. The van der Waals surface area contributed by atoms with Crippen LogP contribution in [0, 0.1) is 25.7 Å². The van der Waals surface area contributed by atoms with Crippen LogP contribution in [-0.2, 0) is 23.9 Å². The Morgan fingerprint density at radius 2 is 1.91 bits per heavy atom. The van der Waals surface area contributed by atoms with Gasteiger partial charge in [-0.25, -0.2) is 0 Å². The van der Waals surface area contributed by atoms with E-state index in [2.05, 4.69) is 11.4 Å². The van der Waals surface area contributed by atoms with E-state index >= 15 is 0 Å². The maximum Gasteiger partial charge on any atom is 0.313 e. The first-order valence-corrected chi connectivity index (χ1v) is 12.1. The summed E-state index contributed by atoms with van der Waals surface area (Å²) in [6.45, 7) is 6.20. The van der Waals surface area contributed by atoms with Gasteiger partial charge >= 0.3 is 5.97 Å². The van der Waals surface area contributed by atoms with Crippen molar-refractivity contribution in [3.63, 3.8) is 0 Å². The quantitative estimate of drug-likeness (QED) is 0.530. The minimum Gasteiger partial charge on any atom is -0.452 e. The molecule has 0 unspecified atom stereocenters. The third-order valence-corrected chi connectivity index (χ3v) is 7.51. The molecule has 2 amide bonds. The Bertz CT molecular complexity index is 994. The molecule has 1 aromatic carbocycles. The van der Waals surface area contributed by atoms with Crippen LogP contribution in [0.1, 0.15) is 50.2 Å². The highest BCUT2D eigenvalue weighted by Crippen LogP contribution is 2.53. The van der Waals surface area contributed by atoms with Crippen LogP contribution in [0.25, 0.3) is 0 Å². The van der Waals surface area contributed by atoms with Crippen LogP contribution in [0.15, 0.2) is 30.4 Å². The Morgan fingerprint density at radius 3 is 2.58 bits per heavy atom. The lowest BCUT2D eigenvalue weighted by Gasteiger charge is -2.25. The summed E-state index contributed by atoms with van der Waals surface area (Å²) in [5.74, 6) is -2.29. The number of nitrogens with one attached hydrogen (secondary N) is 1. The molecule has 5 atom stereocenters. The fourth-order valence-electron chi connectivity index (χ4n) is 6.00. The van der Waals surface area contributed by atoms with Gasteiger partial charge in [-0.2, -0.15) is 0 Å². The number of carbonyl (C=O) groups excluding carboxylic acids is 3. The summed E-state index contributed by atoms with van der Waals surface area (Å²) in [6.07, 6.45) is 6.97. The van der Waals surface area contributed by atoms with Gasteiger partial charge in [0.1, 0.15) is 11.5 Å². The number of benzene rings is 1. The molecule has 3 aliphatic heterocycles. The summed E-state index contributed by atoms with van der Waals surface area (Å²) in [4.78, 5) is 41.3. The van der Waals surface area contributed by atoms with Gasteiger partial charge in [0.2, 0.25) is 5.91 Å². The zero-order valence-corrected chi connectivity index (χ0v) is 19.5. The fourth-order valence-corrected chi connectivity index (χ4v) is 6.00. The van der Waals surface area contributed by atoms with Gasteiger partial charge in [0.25, 0.3) is 5.91 Å². The number of rotatable bonds is 6. The van der Waals surface area contributed by atoms with Crippen LogP contribution in [0.3, 0.4) is 0 Å². The average molecular weight is 453 g/mol. The Balaban J connectivity index is 1.34. The molecule has 1 aromatic rings. The lowest BCUT2D eigenvalue weighted by atomic mass is 9.77. The molecule has 2 bridgehead atoms. The van der Waals surface area contributed by atoms with Crippen molar-refractivity contribution in [1.29, 1.82) is 0 Å². The van der Waals surface area contributed by atoms with Crippen LogP contribution in [0.2, 0.25) is 0 Å². The van der Waals surface area contributed by atoms with Gasteiger partial charge in [-0.05, 0) is 56.4 Å². The molecule has 1 N–H and O–H groups in total. The van der Waals surface area contributed by atoms with Gasteiger partial charge in [0.05, 0.1) is 18.6 Å². The number of hydrogen-bond acceptors (Lipinski definition) is 5. The van der Waals surface area contributed by atoms with Gasteiger partial charge in [-0.15, -0.1) is 0 Å². The average Bonchev–Trinajstić information content (AvgIpc) is 3.53. The molecule has 1 aliphatic carbocycles. The van der Waals surface area contributed by atoms with Crippen LogP contribution < -0.4 is 10.2 Å². The van der Waals surface area contributed by atoms with Gasteiger partial charge in [-0.3, -0.25) is 14.4 Å². The number of hydrogen-bond donors (Lipinski definition) is 1. The monoisotopic (exact) mass is 452 g/mol. The van der Waals surface area contributed by atoms with E-state index in [4.69, 9.17) is 9.47 Å². The van der Waals surface area contributed by atoms with Crippen molar-refractivity contribution in [3.8, 4) is 0 Å². The van der Waals surface area contributed by atoms with E-state index in [0.717, 1.165) is 42.5 Å². The van der Waals surface area contributed by atoms with Crippen molar-refractivity contribution in [2.75, 3.05) is 11.4 Å².